The Morgan fingerprint density at radius 2 is 2.17 bits per heavy atom. The van der Waals surface area contributed by atoms with E-state index in [-0.39, 0.29) is 19.0 Å². The fraction of sp³-hybridized carbons (Fsp3) is 0.818. The van der Waals surface area contributed by atoms with Gasteiger partial charge in [-0.25, -0.2) is 9.59 Å². The van der Waals surface area contributed by atoms with E-state index in [2.05, 4.69) is 10.6 Å². The number of ether oxygens (including phenoxy) is 1. The SMILES string of the molecule is O=C(NCC[C@H](O)C(=O)O)NCC1CCCOC1. The second kappa shape index (κ2) is 7.88. The zero-order valence-electron chi connectivity index (χ0n) is 10.2. The molecule has 7 nitrogen and oxygen atoms in total. The van der Waals surface area contributed by atoms with Gasteiger partial charge in [0, 0.05) is 26.1 Å². The highest BCUT2D eigenvalue weighted by Gasteiger charge is 2.15. The third-order valence-electron chi connectivity index (χ3n) is 2.79. The predicted molar refractivity (Wildman–Crippen MR) is 63.2 cm³/mol. The average molecular weight is 260 g/mol. The van der Waals surface area contributed by atoms with Gasteiger partial charge in [0.25, 0.3) is 0 Å². The molecule has 0 saturated carbocycles. The van der Waals surface area contributed by atoms with Crippen LogP contribution in [0.15, 0.2) is 0 Å². The molecular formula is C11H20N2O5. The lowest BCUT2D eigenvalue weighted by Gasteiger charge is -2.22. The van der Waals surface area contributed by atoms with Crippen LogP contribution in [-0.2, 0) is 9.53 Å². The van der Waals surface area contributed by atoms with Crippen molar-refractivity contribution in [2.45, 2.75) is 25.4 Å². The van der Waals surface area contributed by atoms with E-state index in [1.165, 1.54) is 0 Å². The van der Waals surface area contributed by atoms with Crippen molar-refractivity contribution in [1.82, 2.24) is 10.6 Å². The van der Waals surface area contributed by atoms with Gasteiger partial charge in [-0.2, -0.15) is 0 Å². The third kappa shape index (κ3) is 5.83. The molecule has 1 aliphatic rings. The molecule has 1 aliphatic heterocycles. The smallest absolute Gasteiger partial charge is 0.332 e. The third-order valence-corrected chi connectivity index (χ3v) is 2.79. The number of amides is 2. The highest BCUT2D eigenvalue weighted by atomic mass is 16.5. The van der Waals surface area contributed by atoms with Crippen LogP contribution in [0, 0.1) is 5.92 Å². The standard InChI is InChI=1S/C11H20N2O5/c14-9(10(15)16)3-4-12-11(17)13-6-8-2-1-5-18-7-8/h8-9,14H,1-7H2,(H,15,16)(H2,12,13,17)/t8?,9-/m0/s1. The Labute approximate surface area is 106 Å². The number of aliphatic carboxylic acids is 1. The highest BCUT2D eigenvalue weighted by molar-refractivity contribution is 5.74. The lowest BCUT2D eigenvalue weighted by molar-refractivity contribution is -0.146. The Bertz CT molecular complexity index is 279. The Balaban J connectivity index is 2.04. The Kier molecular flexibility index (Phi) is 6.45. The van der Waals surface area contributed by atoms with E-state index in [4.69, 9.17) is 14.9 Å². The molecule has 0 aromatic heterocycles. The second-order valence-electron chi connectivity index (χ2n) is 4.36. The highest BCUT2D eigenvalue weighted by Crippen LogP contribution is 2.11. The number of carboxylic acid groups (broad SMARTS) is 1. The fourth-order valence-electron chi connectivity index (χ4n) is 1.71. The molecule has 0 radical (unpaired) electrons. The molecule has 1 heterocycles. The summed E-state index contributed by atoms with van der Waals surface area (Å²) in [6.07, 6.45) is 0.614. The van der Waals surface area contributed by atoms with E-state index in [9.17, 15) is 9.59 Å². The van der Waals surface area contributed by atoms with Crippen LogP contribution in [0.25, 0.3) is 0 Å². The zero-order chi connectivity index (χ0) is 13.4. The van der Waals surface area contributed by atoms with Gasteiger partial charge in [0.05, 0.1) is 6.61 Å². The number of carbonyl (C=O) groups excluding carboxylic acids is 1. The van der Waals surface area contributed by atoms with E-state index in [0.717, 1.165) is 19.4 Å². The Morgan fingerprint density at radius 1 is 1.39 bits per heavy atom. The average Bonchev–Trinajstić information content (AvgIpc) is 2.37. The molecule has 7 heteroatoms. The van der Waals surface area contributed by atoms with Gasteiger partial charge in [0.15, 0.2) is 6.10 Å². The number of aliphatic hydroxyl groups excluding tert-OH is 1. The minimum atomic E-state index is -1.43. The van der Waals surface area contributed by atoms with E-state index in [1.807, 2.05) is 0 Å². The van der Waals surface area contributed by atoms with Crippen LogP contribution in [-0.4, -0.2) is 54.6 Å². The first kappa shape index (κ1) is 14.7. The number of hydrogen-bond donors (Lipinski definition) is 4. The van der Waals surface area contributed by atoms with Crippen LogP contribution in [0.1, 0.15) is 19.3 Å². The number of nitrogens with one attached hydrogen (secondary N) is 2. The summed E-state index contributed by atoms with van der Waals surface area (Å²) in [4.78, 5) is 21.7. The molecule has 0 bridgehead atoms. The molecular weight excluding hydrogens is 240 g/mol. The first-order chi connectivity index (χ1) is 8.59. The Hall–Kier alpha value is -1.34. The first-order valence-corrected chi connectivity index (χ1v) is 6.10. The summed E-state index contributed by atoms with van der Waals surface area (Å²) < 4.78 is 5.28. The number of aliphatic hydroxyl groups is 1. The summed E-state index contributed by atoms with van der Waals surface area (Å²) in [6.45, 7) is 2.13. The summed E-state index contributed by atoms with van der Waals surface area (Å²) in [5, 5.41) is 22.6. The molecule has 4 N–H and O–H groups in total. The summed E-state index contributed by atoms with van der Waals surface area (Å²) >= 11 is 0. The van der Waals surface area contributed by atoms with Crippen molar-refractivity contribution < 1.29 is 24.5 Å². The zero-order valence-corrected chi connectivity index (χ0v) is 10.2. The molecule has 0 aromatic carbocycles. The topological polar surface area (TPSA) is 108 Å². The largest absolute Gasteiger partial charge is 0.479 e. The number of carbonyl (C=O) groups is 2. The van der Waals surface area contributed by atoms with E-state index >= 15 is 0 Å². The van der Waals surface area contributed by atoms with Crippen LogP contribution in [0.2, 0.25) is 0 Å². The molecule has 0 aromatic rings. The van der Waals surface area contributed by atoms with Gasteiger partial charge < -0.3 is 25.6 Å². The lowest BCUT2D eigenvalue weighted by atomic mass is 10.0. The van der Waals surface area contributed by atoms with Gasteiger partial charge in [-0.05, 0) is 18.8 Å². The van der Waals surface area contributed by atoms with Crippen molar-refractivity contribution in [2.24, 2.45) is 5.92 Å². The fourth-order valence-corrected chi connectivity index (χ4v) is 1.71. The normalized spacial score (nSPS) is 21.1. The number of hydrogen-bond acceptors (Lipinski definition) is 4. The van der Waals surface area contributed by atoms with E-state index in [1.54, 1.807) is 0 Å². The van der Waals surface area contributed by atoms with Crippen LogP contribution in [0.5, 0.6) is 0 Å². The van der Waals surface area contributed by atoms with Gasteiger partial charge in [-0.1, -0.05) is 0 Å². The number of urea groups is 1. The number of carboxylic acids is 1. The first-order valence-electron chi connectivity index (χ1n) is 6.10. The van der Waals surface area contributed by atoms with E-state index < -0.39 is 12.1 Å². The maximum absolute atomic E-state index is 11.3. The van der Waals surface area contributed by atoms with Gasteiger partial charge in [-0.3, -0.25) is 0 Å². The molecule has 1 unspecified atom stereocenters. The van der Waals surface area contributed by atoms with E-state index in [0.29, 0.717) is 19.1 Å². The minimum Gasteiger partial charge on any atom is -0.479 e. The van der Waals surface area contributed by atoms with Crippen LogP contribution in [0.4, 0.5) is 4.79 Å². The quantitative estimate of drug-likeness (QED) is 0.517. The van der Waals surface area contributed by atoms with Crippen molar-refractivity contribution in [3.05, 3.63) is 0 Å². The van der Waals surface area contributed by atoms with Gasteiger partial charge in [0.1, 0.15) is 0 Å². The van der Waals surface area contributed by atoms with Crippen LogP contribution in [0.3, 0.4) is 0 Å². The molecule has 2 amide bonds. The van der Waals surface area contributed by atoms with Crippen LogP contribution >= 0.6 is 0 Å². The Morgan fingerprint density at radius 3 is 2.78 bits per heavy atom. The van der Waals surface area contributed by atoms with Crippen molar-refractivity contribution in [3.63, 3.8) is 0 Å². The number of rotatable bonds is 6. The minimum absolute atomic E-state index is 0.00467. The summed E-state index contributed by atoms with van der Waals surface area (Å²) in [5.74, 6) is -0.939. The van der Waals surface area contributed by atoms with Crippen molar-refractivity contribution in [1.29, 1.82) is 0 Å². The van der Waals surface area contributed by atoms with Crippen LogP contribution < -0.4 is 10.6 Å². The monoisotopic (exact) mass is 260 g/mol. The predicted octanol–water partition coefficient (Wildman–Crippen LogP) is -0.452. The van der Waals surface area contributed by atoms with Gasteiger partial charge in [0.2, 0.25) is 0 Å². The molecule has 1 saturated heterocycles. The molecule has 2 atom stereocenters. The molecule has 1 fully saturated rings. The van der Waals surface area contributed by atoms with Crippen molar-refractivity contribution in [3.8, 4) is 0 Å². The van der Waals surface area contributed by atoms with Crippen molar-refractivity contribution in [2.75, 3.05) is 26.3 Å². The lowest BCUT2D eigenvalue weighted by Crippen LogP contribution is -2.41. The summed E-state index contributed by atoms with van der Waals surface area (Å²) in [5.41, 5.74) is 0. The molecule has 1 rings (SSSR count). The second-order valence-corrected chi connectivity index (χ2v) is 4.36. The maximum atomic E-state index is 11.3. The summed E-state index contributed by atoms with van der Waals surface area (Å²) in [7, 11) is 0. The maximum Gasteiger partial charge on any atom is 0.332 e. The molecule has 0 spiro atoms. The van der Waals surface area contributed by atoms with Gasteiger partial charge in [-0.15, -0.1) is 0 Å². The molecule has 104 valence electrons. The molecule has 0 aliphatic carbocycles. The van der Waals surface area contributed by atoms with Gasteiger partial charge >= 0.3 is 12.0 Å². The van der Waals surface area contributed by atoms with Crippen molar-refractivity contribution >= 4 is 12.0 Å². The molecule has 18 heavy (non-hydrogen) atoms. The summed E-state index contributed by atoms with van der Waals surface area (Å²) in [6, 6.07) is -0.349.